The van der Waals surface area contributed by atoms with Gasteiger partial charge in [0.05, 0.1) is 5.69 Å². The van der Waals surface area contributed by atoms with Crippen molar-refractivity contribution in [3.63, 3.8) is 0 Å². The highest BCUT2D eigenvalue weighted by molar-refractivity contribution is 5.96. The first-order chi connectivity index (χ1) is 11.1. The van der Waals surface area contributed by atoms with Crippen LogP contribution in [0.15, 0.2) is 36.7 Å². The molecule has 0 unspecified atom stereocenters. The van der Waals surface area contributed by atoms with Crippen LogP contribution in [-0.4, -0.2) is 32.1 Å². The smallest absolute Gasteiger partial charge is 0.219 e. The molecule has 5 nitrogen and oxygen atoms in total. The zero-order valence-corrected chi connectivity index (χ0v) is 13.3. The van der Waals surface area contributed by atoms with E-state index in [1.807, 2.05) is 35.0 Å². The summed E-state index contributed by atoms with van der Waals surface area (Å²) in [6.07, 6.45) is 4.54. The normalized spacial score (nSPS) is 14.1. The summed E-state index contributed by atoms with van der Waals surface area (Å²) >= 11 is 0. The molecule has 116 valence electrons. The van der Waals surface area contributed by atoms with Crippen LogP contribution in [0.2, 0.25) is 0 Å². The first-order valence-corrected chi connectivity index (χ1v) is 7.78. The Morgan fingerprint density at radius 1 is 1.26 bits per heavy atom. The molecule has 1 amide bonds. The summed E-state index contributed by atoms with van der Waals surface area (Å²) in [6.45, 7) is 3.02. The van der Waals surface area contributed by atoms with Crippen molar-refractivity contribution in [3.8, 4) is 11.3 Å². The molecule has 0 atom stereocenters. The van der Waals surface area contributed by atoms with Gasteiger partial charge in [-0.1, -0.05) is 18.2 Å². The quantitative estimate of drug-likeness (QED) is 0.694. The van der Waals surface area contributed by atoms with E-state index in [1.165, 1.54) is 5.69 Å². The van der Waals surface area contributed by atoms with Crippen LogP contribution in [0.25, 0.3) is 22.0 Å². The molecule has 0 saturated carbocycles. The SMILES string of the molecule is CC(=O)N1CCc2c(c(-c3cccc4ccncc34)nn2C)C1. The van der Waals surface area contributed by atoms with Crippen molar-refractivity contribution >= 4 is 16.7 Å². The van der Waals surface area contributed by atoms with Crippen LogP contribution in [0.3, 0.4) is 0 Å². The van der Waals surface area contributed by atoms with Crippen molar-refractivity contribution in [2.45, 2.75) is 19.9 Å². The molecule has 0 aliphatic carbocycles. The molecule has 0 fully saturated rings. The molecule has 0 N–H and O–H groups in total. The Kier molecular flexibility index (Phi) is 3.15. The standard InChI is InChI=1S/C18H18N4O/c1-12(23)22-9-7-17-16(11-22)18(20-21(17)2)14-5-3-4-13-6-8-19-10-15(13)14/h3-6,8,10H,7,9,11H2,1-2H3. The van der Waals surface area contributed by atoms with Gasteiger partial charge in [-0.05, 0) is 11.5 Å². The van der Waals surface area contributed by atoms with E-state index >= 15 is 0 Å². The molecular weight excluding hydrogens is 288 g/mol. The van der Waals surface area contributed by atoms with Crippen molar-refractivity contribution in [1.29, 1.82) is 0 Å². The molecule has 3 aromatic rings. The summed E-state index contributed by atoms with van der Waals surface area (Å²) in [6, 6.07) is 8.22. The fourth-order valence-electron chi connectivity index (χ4n) is 3.40. The molecule has 5 heteroatoms. The Bertz CT molecular complexity index is 907. The van der Waals surface area contributed by atoms with Crippen LogP contribution >= 0.6 is 0 Å². The Balaban J connectivity index is 1.92. The lowest BCUT2D eigenvalue weighted by Gasteiger charge is -2.26. The van der Waals surface area contributed by atoms with Crippen molar-refractivity contribution in [1.82, 2.24) is 19.7 Å². The number of aromatic nitrogens is 3. The van der Waals surface area contributed by atoms with Crippen LogP contribution in [0.4, 0.5) is 0 Å². The number of benzene rings is 1. The Morgan fingerprint density at radius 2 is 2.13 bits per heavy atom. The number of pyridine rings is 1. The Morgan fingerprint density at radius 3 is 2.96 bits per heavy atom. The lowest BCUT2D eigenvalue weighted by atomic mass is 9.97. The third-order valence-corrected chi connectivity index (χ3v) is 4.63. The van der Waals surface area contributed by atoms with E-state index in [9.17, 15) is 4.79 Å². The van der Waals surface area contributed by atoms with Crippen LogP contribution in [-0.2, 0) is 24.8 Å². The predicted octanol–water partition coefficient (Wildman–Crippen LogP) is 2.54. The van der Waals surface area contributed by atoms with Crippen LogP contribution in [0, 0.1) is 0 Å². The number of amides is 1. The first kappa shape index (κ1) is 13.9. The lowest BCUT2D eigenvalue weighted by molar-refractivity contribution is -0.129. The van der Waals surface area contributed by atoms with Crippen molar-refractivity contribution in [2.75, 3.05) is 6.54 Å². The van der Waals surface area contributed by atoms with E-state index in [1.54, 1.807) is 13.1 Å². The molecule has 23 heavy (non-hydrogen) atoms. The summed E-state index contributed by atoms with van der Waals surface area (Å²) in [5, 5.41) is 7.00. The van der Waals surface area contributed by atoms with Crippen LogP contribution in [0.5, 0.6) is 0 Å². The van der Waals surface area contributed by atoms with Crippen molar-refractivity contribution < 1.29 is 4.79 Å². The Hall–Kier alpha value is -2.69. The van der Waals surface area contributed by atoms with Crippen molar-refractivity contribution in [2.24, 2.45) is 7.05 Å². The highest BCUT2D eigenvalue weighted by Gasteiger charge is 2.26. The fraction of sp³-hybridized carbons (Fsp3) is 0.278. The number of rotatable bonds is 1. The molecule has 1 aliphatic heterocycles. The number of nitrogens with zero attached hydrogens (tertiary/aromatic N) is 4. The third kappa shape index (κ3) is 2.20. The molecule has 0 bridgehead atoms. The van der Waals surface area contributed by atoms with Gasteiger partial charge in [0.25, 0.3) is 0 Å². The largest absolute Gasteiger partial charge is 0.338 e. The molecule has 3 heterocycles. The zero-order chi connectivity index (χ0) is 16.0. The second-order valence-electron chi connectivity index (χ2n) is 5.99. The van der Waals surface area contributed by atoms with E-state index in [0.717, 1.165) is 40.6 Å². The number of hydrogen-bond donors (Lipinski definition) is 0. The number of carbonyl (C=O) groups excluding carboxylic acids is 1. The molecular formula is C18H18N4O. The summed E-state index contributed by atoms with van der Waals surface area (Å²) in [5.41, 5.74) is 4.42. The van der Waals surface area contributed by atoms with Gasteiger partial charge in [0.15, 0.2) is 0 Å². The van der Waals surface area contributed by atoms with Gasteiger partial charge >= 0.3 is 0 Å². The topological polar surface area (TPSA) is 51.0 Å². The highest BCUT2D eigenvalue weighted by Crippen LogP contribution is 2.33. The molecule has 4 rings (SSSR count). The second-order valence-corrected chi connectivity index (χ2v) is 5.99. The number of hydrogen-bond acceptors (Lipinski definition) is 3. The van der Waals surface area contributed by atoms with Crippen molar-refractivity contribution in [3.05, 3.63) is 47.9 Å². The third-order valence-electron chi connectivity index (χ3n) is 4.63. The number of fused-ring (bicyclic) bond motifs is 2. The van der Waals surface area contributed by atoms with E-state index < -0.39 is 0 Å². The summed E-state index contributed by atoms with van der Waals surface area (Å²) in [7, 11) is 1.98. The van der Waals surface area contributed by atoms with E-state index in [2.05, 4.69) is 17.1 Å². The zero-order valence-electron chi connectivity index (χ0n) is 13.3. The Labute approximate surface area is 134 Å². The van der Waals surface area contributed by atoms with E-state index in [-0.39, 0.29) is 5.91 Å². The van der Waals surface area contributed by atoms with Crippen LogP contribution < -0.4 is 0 Å². The van der Waals surface area contributed by atoms with Gasteiger partial charge < -0.3 is 4.90 Å². The minimum Gasteiger partial charge on any atom is -0.338 e. The van der Waals surface area contributed by atoms with Gasteiger partial charge in [-0.25, -0.2) is 0 Å². The maximum atomic E-state index is 11.8. The minimum atomic E-state index is 0.116. The molecule has 1 aliphatic rings. The van der Waals surface area contributed by atoms with Gasteiger partial charge in [-0.2, -0.15) is 5.10 Å². The molecule has 0 spiro atoms. The number of carbonyl (C=O) groups is 1. The number of aryl methyl sites for hydroxylation is 1. The lowest BCUT2D eigenvalue weighted by Crippen LogP contribution is -2.34. The second kappa shape index (κ2) is 5.19. The van der Waals surface area contributed by atoms with Gasteiger partial charge in [-0.15, -0.1) is 0 Å². The molecule has 0 saturated heterocycles. The molecule has 0 radical (unpaired) electrons. The average Bonchev–Trinajstić information content (AvgIpc) is 2.90. The van der Waals surface area contributed by atoms with Gasteiger partial charge in [0.1, 0.15) is 0 Å². The first-order valence-electron chi connectivity index (χ1n) is 7.78. The van der Waals surface area contributed by atoms with Gasteiger partial charge in [0, 0.05) is 68.1 Å². The van der Waals surface area contributed by atoms with E-state index in [0.29, 0.717) is 6.54 Å². The summed E-state index contributed by atoms with van der Waals surface area (Å²) in [5.74, 6) is 0.116. The summed E-state index contributed by atoms with van der Waals surface area (Å²) < 4.78 is 1.96. The molecule has 1 aromatic carbocycles. The maximum Gasteiger partial charge on any atom is 0.219 e. The maximum absolute atomic E-state index is 11.8. The fourth-order valence-corrected chi connectivity index (χ4v) is 3.40. The minimum absolute atomic E-state index is 0.116. The van der Waals surface area contributed by atoms with Crippen LogP contribution in [0.1, 0.15) is 18.2 Å². The monoisotopic (exact) mass is 306 g/mol. The van der Waals surface area contributed by atoms with Gasteiger partial charge in [0.2, 0.25) is 5.91 Å². The predicted molar refractivity (Wildman–Crippen MR) is 88.7 cm³/mol. The van der Waals surface area contributed by atoms with E-state index in [4.69, 9.17) is 5.10 Å². The highest BCUT2D eigenvalue weighted by atomic mass is 16.2. The molecule has 2 aromatic heterocycles. The van der Waals surface area contributed by atoms with Gasteiger partial charge in [-0.3, -0.25) is 14.5 Å². The average molecular weight is 306 g/mol. The summed E-state index contributed by atoms with van der Waals surface area (Å²) in [4.78, 5) is 17.9.